The molecule has 0 saturated heterocycles. The Kier molecular flexibility index (Phi) is 2.37. The number of hydrogen-bond acceptors (Lipinski definition) is 3. The number of carbonyl (C=O) groups is 1. The van der Waals surface area contributed by atoms with Gasteiger partial charge in [-0.1, -0.05) is 20.8 Å². The third-order valence-corrected chi connectivity index (χ3v) is 2.84. The van der Waals surface area contributed by atoms with E-state index in [2.05, 4.69) is 35.5 Å². The van der Waals surface area contributed by atoms with Crippen molar-refractivity contribution in [1.82, 2.24) is 14.8 Å². The Balaban J connectivity index is 2.46. The summed E-state index contributed by atoms with van der Waals surface area (Å²) in [5, 5.41) is 8.38. The fraction of sp³-hybridized carbons (Fsp3) is 0.727. The van der Waals surface area contributed by atoms with Gasteiger partial charge in [0.1, 0.15) is 17.9 Å². The highest BCUT2D eigenvalue weighted by molar-refractivity contribution is 5.60. The van der Waals surface area contributed by atoms with Crippen molar-refractivity contribution in [2.24, 2.45) is 0 Å². The molecule has 1 unspecified atom stereocenters. The van der Waals surface area contributed by atoms with Crippen molar-refractivity contribution in [3.63, 3.8) is 0 Å². The molecule has 4 nitrogen and oxygen atoms in total. The van der Waals surface area contributed by atoms with Crippen LogP contribution in [-0.4, -0.2) is 21.1 Å². The first-order valence-corrected chi connectivity index (χ1v) is 5.43. The first-order chi connectivity index (χ1) is 7.04. The average molecular weight is 207 g/mol. The molecule has 1 aromatic heterocycles. The Hall–Kier alpha value is -1.19. The summed E-state index contributed by atoms with van der Waals surface area (Å²) >= 11 is 0. The summed E-state index contributed by atoms with van der Waals surface area (Å²) in [5.74, 6) is 1.78. The van der Waals surface area contributed by atoms with Gasteiger partial charge < -0.3 is 9.36 Å². The second-order valence-electron chi connectivity index (χ2n) is 5.17. The molecule has 2 rings (SSSR count). The third-order valence-electron chi connectivity index (χ3n) is 2.84. The van der Waals surface area contributed by atoms with Crippen molar-refractivity contribution in [2.75, 3.05) is 0 Å². The summed E-state index contributed by atoms with van der Waals surface area (Å²) < 4.78 is 2.11. The summed E-state index contributed by atoms with van der Waals surface area (Å²) in [4.78, 5) is 10.9. The van der Waals surface area contributed by atoms with Crippen LogP contribution in [0.2, 0.25) is 0 Å². The van der Waals surface area contributed by atoms with Gasteiger partial charge in [0.15, 0.2) is 0 Å². The SMILES string of the molecule is CC(C)(C)c1nnc2n1CCCC2C=O. The monoisotopic (exact) mass is 207 g/mol. The van der Waals surface area contributed by atoms with E-state index in [0.717, 1.165) is 37.3 Å². The minimum atomic E-state index is -0.0534. The fourth-order valence-electron chi connectivity index (χ4n) is 2.09. The molecule has 0 aromatic carbocycles. The zero-order chi connectivity index (χ0) is 11.1. The minimum Gasteiger partial charge on any atom is -0.314 e. The Bertz CT molecular complexity index is 376. The maximum absolute atomic E-state index is 10.9. The van der Waals surface area contributed by atoms with Gasteiger partial charge in [0.05, 0.1) is 5.92 Å². The summed E-state index contributed by atoms with van der Waals surface area (Å²) in [6.45, 7) is 7.30. The summed E-state index contributed by atoms with van der Waals surface area (Å²) in [7, 11) is 0. The highest BCUT2D eigenvalue weighted by atomic mass is 16.1. The maximum Gasteiger partial charge on any atom is 0.143 e. The van der Waals surface area contributed by atoms with Crippen LogP contribution in [-0.2, 0) is 16.8 Å². The molecule has 15 heavy (non-hydrogen) atoms. The Morgan fingerprint density at radius 3 is 2.73 bits per heavy atom. The maximum atomic E-state index is 10.9. The second kappa shape index (κ2) is 3.43. The van der Waals surface area contributed by atoms with E-state index in [1.165, 1.54) is 0 Å². The molecule has 0 spiro atoms. The third kappa shape index (κ3) is 1.68. The van der Waals surface area contributed by atoms with Crippen LogP contribution < -0.4 is 0 Å². The van der Waals surface area contributed by atoms with Crippen molar-refractivity contribution < 1.29 is 4.79 Å². The van der Waals surface area contributed by atoms with E-state index >= 15 is 0 Å². The number of aldehydes is 1. The van der Waals surface area contributed by atoms with Crippen LogP contribution in [0.1, 0.15) is 51.2 Å². The lowest BCUT2D eigenvalue weighted by Crippen LogP contribution is -2.24. The van der Waals surface area contributed by atoms with Crippen molar-refractivity contribution >= 4 is 6.29 Å². The molecule has 4 heteroatoms. The van der Waals surface area contributed by atoms with Crippen molar-refractivity contribution in [1.29, 1.82) is 0 Å². The van der Waals surface area contributed by atoms with E-state index in [9.17, 15) is 4.79 Å². The molecule has 1 atom stereocenters. The van der Waals surface area contributed by atoms with Gasteiger partial charge in [0, 0.05) is 12.0 Å². The predicted octanol–water partition coefficient (Wildman–Crippen LogP) is 1.65. The van der Waals surface area contributed by atoms with E-state index in [0.29, 0.717) is 0 Å². The Morgan fingerprint density at radius 1 is 1.40 bits per heavy atom. The lowest BCUT2D eigenvalue weighted by atomic mass is 9.94. The van der Waals surface area contributed by atoms with Crippen molar-refractivity contribution in [3.8, 4) is 0 Å². The molecular formula is C11H17N3O. The standard InChI is InChI=1S/C11H17N3O/c1-11(2,3)10-13-12-9-8(7-15)5-4-6-14(9)10/h7-8H,4-6H2,1-3H3. The van der Waals surface area contributed by atoms with Crippen LogP contribution in [0.5, 0.6) is 0 Å². The molecular weight excluding hydrogens is 190 g/mol. The van der Waals surface area contributed by atoms with E-state index in [4.69, 9.17) is 0 Å². The van der Waals surface area contributed by atoms with Crippen LogP contribution >= 0.6 is 0 Å². The van der Waals surface area contributed by atoms with Gasteiger partial charge in [-0.25, -0.2) is 0 Å². The van der Waals surface area contributed by atoms with Crippen molar-refractivity contribution in [2.45, 2.75) is 51.5 Å². The van der Waals surface area contributed by atoms with E-state index in [1.807, 2.05) is 0 Å². The molecule has 2 heterocycles. The van der Waals surface area contributed by atoms with Gasteiger partial charge in [-0.2, -0.15) is 0 Å². The van der Waals surface area contributed by atoms with Gasteiger partial charge in [0.2, 0.25) is 0 Å². The van der Waals surface area contributed by atoms with Gasteiger partial charge in [-0.3, -0.25) is 0 Å². The van der Waals surface area contributed by atoms with Gasteiger partial charge in [-0.05, 0) is 12.8 Å². The van der Waals surface area contributed by atoms with E-state index < -0.39 is 0 Å². The average Bonchev–Trinajstić information content (AvgIpc) is 2.59. The Labute approximate surface area is 89.7 Å². The van der Waals surface area contributed by atoms with Crippen LogP contribution in [0.4, 0.5) is 0 Å². The normalized spacial score (nSPS) is 21.1. The van der Waals surface area contributed by atoms with Gasteiger partial charge in [-0.15, -0.1) is 10.2 Å². The van der Waals surface area contributed by atoms with Crippen LogP contribution in [0, 0.1) is 0 Å². The molecule has 0 fully saturated rings. The smallest absolute Gasteiger partial charge is 0.143 e. The number of aromatic nitrogens is 3. The first kappa shape index (κ1) is 10.3. The molecule has 0 radical (unpaired) electrons. The highest BCUT2D eigenvalue weighted by Gasteiger charge is 2.29. The molecule has 1 aromatic rings. The summed E-state index contributed by atoms with van der Waals surface area (Å²) in [6.07, 6.45) is 2.94. The number of nitrogens with zero attached hydrogens (tertiary/aromatic N) is 3. The zero-order valence-corrected chi connectivity index (χ0v) is 9.53. The van der Waals surface area contributed by atoms with E-state index in [1.54, 1.807) is 0 Å². The largest absolute Gasteiger partial charge is 0.314 e. The lowest BCUT2D eigenvalue weighted by molar-refractivity contribution is -0.109. The summed E-state index contributed by atoms with van der Waals surface area (Å²) in [6, 6.07) is 0. The zero-order valence-electron chi connectivity index (χ0n) is 9.53. The number of carbonyl (C=O) groups excluding carboxylic acids is 1. The number of rotatable bonds is 1. The van der Waals surface area contributed by atoms with Gasteiger partial charge in [0.25, 0.3) is 0 Å². The predicted molar refractivity (Wildman–Crippen MR) is 56.8 cm³/mol. The van der Waals surface area contributed by atoms with Gasteiger partial charge >= 0.3 is 0 Å². The number of hydrogen-bond donors (Lipinski definition) is 0. The lowest BCUT2D eigenvalue weighted by Gasteiger charge is -2.24. The second-order valence-corrected chi connectivity index (χ2v) is 5.17. The number of fused-ring (bicyclic) bond motifs is 1. The molecule has 0 aliphatic carbocycles. The Morgan fingerprint density at radius 2 is 2.13 bits per heavy atom. The topological polar surface area (TPSA) is 47.8 Å². The van der Waals surface area contributed by atoms with Crippen molar-refractivity contribution in [3.05, 3.63) is 11.6 Å². The molecule has 1 aliphatic heterocycles. The highest BCUT2D eigenvalue weighted by Crippen LogP contribution is 2.29. The summed E-state index contributed by atoms with van der Waals surface area (Å²) in [5.41, 5.74) is -0.00394. The molecule has 0 amide bonds. The van der Waals surface area contributed by atoms with Crippen LogP contribution in [0.3, 0.4) is 0 Å². The van der Waals surface area contributed by atoms with Crippen LogP contribution in [0.15, 0.2) is 0 Å². The molecule has 82 valence electrons. The molecule has 0 N–H and O–H groups in total. The molecule has 1 aliphatic rings. The first-order valence-electron chi connectivity index (χ1n) is 5.43. The molecule has 0 bridgehead atoms. The van der Waals surface area contributed by atoms with E-state index in [-0.39, 0.29) is 11.3 Å². The molecule has 0 saturated carbocycles. The van der Waals surface area contributed by atoms with Crippen LogP contribution in [0.25, 0.3) is 0 Å². The minimum absolute atomic E-state index is 0.00394. The fourth-order valence-corrected chi connectivity index (χ4v) is 2.09. The quantitative estimate of drug-likeness (QED) is 0.658.